The van der Waals surface area contributed by atoms with Gasteiger partial charge in [-0.3, -0.25) is 10.1 Å². The van der Waals surface area contributed by atoms with Crippen LogP contribution in [0.25, 0.3) is 11.4 Å². The summed E-state index contributed by atoms with van der Waals surface area (Å²) < 4.78 is 0. The predicted molar refractivity (Wildman–Crippen MR) is 98.1 cm³/mol. The highest BCUT2D eigenvalue weighted by Gasteiger charge is 2.38. The first-order valence-electron chi connectivity index (χ1n) is 8.60. The van der Waals surface area contributed by atoms with Crippen molar-refractivity contribution in [3.05, 3.63) is 60.7 Å². The van der Waals surface area contributed by atoms with Gasteiger partial charge in [-0.2, -0.15) is 5.10 Å². The minimum Gasteiger partial charge on any atom is -0.373 e. The number of para-hydroxylation sites is 1. The fraction of sp³-hybridized carbons (Fsp3) is 0.316. The molecule has 4 rings (SSSR count). The highest BCUT2D eigenvalue weighted by molar-refractivity contribution is 5.54. The maximum absolute atomic E-state index is 4.82. The number of pyridine rings is 1. The van der Waals surface area contributed by atoms with Gasteiger partial charge in [0.15, 0.2) is 11.6 Å². The second kappa shape index (κ2) is 6.64. The molecule has 1 aliphatic heterocycles. The summed E-state index contributed by atoms with van der Waals surface area (Å²) in [5.74, 6) is 1.61. The molecule has 6 heteroatoms. The van der Waals surface area contributed by atoms with Crippen molar-refractivity contribution in [2.24, 2.45) is 0 Å². The first-order chi connectivity index (χ1) is 12.3. The number of piperidine rings is 1. The van der Waals surface area contributed by atoms with E-state index in [0.717, 1.165) is 43.0 Å². The van der Waals surface area contributed by atoms with Gasteiger partial charge in [-0.1, -0.05) is 18.2 Å². The van der Waals surface area contributed by atoms with Gasteiger partial charge in [0.25, 0.3) is 0 Å². The summed E-state index contributed by atoms with van der Waals surface area (Å²) in [5, 5.41) is 11.4. The van der Waals surface area contributed by atoms with E-state index in [2.05, 4.69) is 44.6 Å². The number of H-pyrrole nitrogens is 1. The summed E-state index contributed by atoms with van der Waals surface area (Å²) in [6.45, 7) is 2.04. The molecule has 6 nitrogen and oxygen atoms in total. The highest BCUT2D eigenvalue weighted by atomic mass is 15.3. The van der Waals surface area contributed by atoms with E-state index in [1.807, 2.05) is 30.3 Å². The van der Waals surface area contributed by atoms with Gasteiger partial charge in [0, 0.05) is 36.7 Å². The number of hydrogen-bond acceptors (Lipinski definition) is 5. The van der Waals surface area contributed by atoms with Crippen LogP contribution in [0.1, 0.15) is 18.7 Å². The predicted octanol–water partition coefficient (Wildman–Crippen LogP) is 2.90. The zero-order valence-corrected chi connectivity index (χ0v) is 14.3. The zero-order valence-electron chi connectivity index (χ0n) is 14.3. The number of benzene rings is 1. The van der Waals surface area contributed by atoms with E-state index in [1.54, 1.807) is 12.4 Å². The minimum atomic E-state index is -0.230. The van der Waals surface area contributed by atoms with E-state index in [-0.39, 0.29) is 5.54 Å². The van der Waals surface area contributed by atoms with E-state index in [9.17, 15) is 0 Å². The molecule has 0 aliphatic carbocycles. The highest BCUT2D eigenvalue weighted by Crippen LogP contribution is 2.35. The lowest BCUT2D eigenvalue weighted by molar-refractivity contribution is 0.199. The fourth-order valence-corrected chi connectivity index (χ4v) is 3.32. The molecule has 128 valence electrons. The van der Waals surface area contributed by atoms with Crippen LogP contribution in [0, 0.1) is 0 Å². The third-order valence-electron chi connectivity index (χ3n) is 4.88. The zero-order chi connectivity index (χ0) is 17.1. The molecular weight excluding hydrogens is 312 g/mol. The van der Waals surface area contributed by atoms with Gasteiger partial charge >= 0.3 is 0 Å². The van der Waals surface area contributed by atoms with E-state index in [4.69, 9.17) is 4.98 Å². The molecule has 0 spiro atoms. The van der Waals surface area contributed by atoms with Crippen molar-refractivity contribution in [2.75, 3.05) is 25.5 Å². The monoisotopic (exact) mass is 334 g/mol. The summed E-state index contributed by atoms with van der Waals surface area (Å²) in [4.78, 5) is 11.2. The number of anilines is 1. The quantitative estimate of drug-likeness (QED) is 0.768. The Kier molecular flexibility index (Phi) is 4.19. The molecule has 0 bridgehead atoms. The Morgan fingerprint density at radius 3 is 2.48 bits per heavy atom. The Morgan fingerprint density at radius 2 is 1.76 bits per heavy atom. The third kappa shape index (κ3) is 3.25. The largest absolute Gasteiger partial charge is 0.373 e. The van der Waals surface area contributed by atoms with Crippen molar-refractivity contribution < 1.29 is 0 Å². The van der Waals surface area contributed by atoms with Crippen LogP contribution in [-0.2, 0) is 5.54 Å². The van der Waals surface area contributed by atoms with Crippen LogP contribution in [-0.4, -0.2) is 45.2 Å². The standard InChI is InChI=1S/C19H22N6/c1-25-13-9-19(10-14-25,22-16-5-3-2-4-6-16)18-21-17(23-24-18)15-7-11-20-12-8-15/h2-8,11-12,22H,9-10,13-14H2,1H3,(H,21,23,24). The van der Waals surface area contributed by atoms with E-state index < -0.39 is 0 Å². The Balaban J connectivity index is 1.68. The Labute approximate surface area is 147 Å². The van der Waals surface area contributed by atoms with Crippen LogP contribution in [0.4, 0.5) is 5.69 Å². The molecule has 3 heterocycles. The van der Waals surface area contributed by atoms with Gasteiger partial charge in [-0.25, -0.2) is 4.98 Å². The molecule has 0 radical (unpaired) electrons. The van der Waals surface area contributed by atoms with Gasteiger partial charge in [0.1, 0.15) is 0 Å². The first kappa shape index (κ1) is 15.8. The second-order valence-electron chi connectivity index (χ2n) is 6.62. The van der Waals surface area contributed by atoms with Crippen LogP contribution < -0.4 is 5.32 Å². The van der Waals surface area contributed by atoms with E-state index in [1.165, 1.54) is 0 Å². The smallest absolute Gasteiger partial charge is 0.181 e. The Hall–Kier alpha value is -2.73. The number of hydrogen-bond donors (Lipinski definition) is 2. The SMILES string of the molecule is CN1CCC(Nc2ccccc2)(c2nc(-c3ccncc3)n[nH]2)CC1. The summed E-state index contributed by atoms with van der Waals surface area (Å²) in [6, 6.07) is 14.2. The van der Waals surface area contributed by atoms with Gasteiger partial charge in [-0.05, 0) is 44.2 Å². The van der Waals surface area contributed by atoms with Crippen molar-refractivity contribution >= 4 is 5.69 Å². The van der Waals surface area contributed by atoms with Gasteiger partial charge in [-0.15, -0.1) is 0 Å². The summed E-state index contributed by atoms with van der Waals surface area (Å²) in [6.07, 6.45) is 5.48. The number of likely N-dealkylation sites (tertiary alicyclic amines) is 1. The summed E-state index contributed by atoms with van der Waals surface area (Å²) in [5.41, 5.74) is 1.85. The average molecular weight is 334 g/mol. The summed E-state index contributed by atoms with van der Waals surface area (Å²) in [7, 11) is 2.16. The van der Waals surface area contributed by atoms with Crippen LogP contribution >= 0.6 is 0 Å². The molecule has 25 heavy (non-hydrogen) atoms. The molecule has 0 unspecified atom stereocenters. The first-order valence-corrected chi connectivity index (χ1v) is 8.60. The topological polar surface area (TPSA) is 69.7 Å². The number of rotatable bonds is 4. The summed E-state index contributed by atoms with van der Waals surface area (Å²) >= 11 is 0. The van der Waals surface area contributed by atoms with Gasteiger partial charge in [0.2, 0.25) is 0 Å². The van der Waals surface area contributed by atoms with Crippen LogP contribution in [0.3, 0.4) is 0 Å². The van der Waals surface area contributed by atoms with E-state index in [0.29, 0.717) is 5.82 Å². The molecule has 2 N–H and O–H groups in total. The van der Waals surface area contributed by atoms with Crippen molar-refractivity contribution in [1.82, 2.24) is 25.1 Å². The Morgan fingerprint density at radius 1 is 1.04 bits per heavy atom. The lowest BCUT2D eigenvalue weighted by Crippen LogP contribution is -2.46. The molecular formula is C19H22N6. The maximum Gasteiger partial charge on any atom is 0.181 e. The molecule has 1 aliphatic rings. The number of aromatic amines is 1. The lowest BCUT2D eigenvalue weighted by atomic mass is 9.86. The van der Waals surface area contributed by atoms with Crippen molar-refractivity contribution in [3.8, 4) is 11.4 Å². The van der Waals surface area contributed by atoms with Crippen LogP contribution in [0.5, 0.6) is 0 Å². The number of nitrogens with one attached hydrogen (secondary N) is 2. The van der Waals surface area contributed by atoms with Crippen molar-refractivity contribution in [2.45, 2.75) is 18.4 Å². The van der Waals surface area contributed by atoms with Crippen molar-refractivity contribution in [3.63, 3.8) is 0 Å². The second-order valence-corrected chi connectivity index (χ2v) is 6.62. The molecule has 3 aromatic rings. The molecule has 2 aromatic heterocycles. The number of nitrogens with zero attached hydrogens (tertiary/aromatic N) is 4. The molecule has 0 atom stereocenters. The third-order valence-corrected chi connectivity index (χ3v) is 4.88. The minimum absolute atomic E-state index is 0.230. The fourth-order valence-electron chi connectivity index (χ4n) is 3.32. The van der Waals surface area contributed by atoms with Crippen molar-refractivity contribution in [1.29, 1.82) is 0 Å². The van der Waals surface area contributed by atoms with Gasteiger partial charge < -0.3 is 10.2 Å². The molecule has 0 saturated carbocycles. The molecule has 0 amide bonds. The Bertz CT molecular complexity index is 806. The van der Waals surface area contributed by atoms with E-state index >= 15 is 0 Å². The molecule has 1 saturated heterocycles. The lowest BCUT2D eigenvalue weighted by Gasteiger charge is -2.40. The van der Waals surface area contributed by atoms with Crippen LogP contribution in [0.2, 0.25) is 0 Å². The normalized spacial score (nSPS) is 17.3. The van der Waals surface area contributed by atoms with Crippen LogP contribution in [0.15, 0.2) is 54.9 Å². The van der Waals surface area contributed by atoms with Gasteiger partial charge in [0.05, 0.1) is 5.54 Å². The molecule has 1 fully saturated rings. The number of aromatic nitrogens is 4. The molecule has 1 aromatic carbocycles. The maximum atomic E-state index is 4.82. The average Bonchev–Trinajstić information content (AvgIpc) is 3.16.